The van der Waals surface area contributed by atoms with Crippen molar-refractivity contribution < 1.29 is 4.39 Å². The molecule has 1 aromatic carbocycles. The van der Waals surface area contributed by atoms with Crippen molar-refractivity contribution in [3.63, 3.8) is 0 Å². The molecule has 70 valence electrons. The molecule has 3 heteroatoms. The highest BCUT2D eigenvalue weighted by molar-refractivity contribution is 9.09. The third-order valence-electron chi connectivity index (χ3n) is 1.54. The molecule has 0 atom stereocenters. The van der Waals surface area contributed by atoms with Crippen LogP contribution in [0.25, 0.3) is 0 Å². The molecule has 0 aliphatic rings. The summed E-state index contributed by atoms with van der Waals surface area (Å²) in [5.41, 5.74) is 0.651. The van der Waals surface area contributed by atoms with E-state index in [0.717, 1.165) is 5.33 Å². The maximum Gasteiger partial charge on any atom is 0.140 e. The van der Waals surface area contributed by atoms with Crippen LogP contribution in [-0.2, 0) is 0 Å². The van der Waals surface area contributed by atoms with E-state index in [2.05, 4.69) is 27.8 Å². The summed E-state index contributed by atoms with van der Waals surface area (Å²) in [6, 6.07) is 6.14. The first-order chi connectivity index (χ1) is 6.77. The summed E-state index contributed by atoms with van der Waals surface area (Å²) in [6.07, 6.45) is 0.680. The van der Waals surface area contributed by atoms with Gasteiger partial charge in [-0.3, -0.25) is 0 Å². The second kappa shape index (κ2) is 5.42. The molecule has 0 aliphatic heterocycles. The Hall–Kier alpha value is -1.32. The zero-order valence-corrected chi connectivity index (χ0v) is 8.94. The van der Waals surface area contributed by atoms with E-state index < -0.39 is 5.82 Å². The van der Waals surface area contributed by atoms with E-state index in [4.69, 9.17) is 5.26 Å². The molecule has 0 bridgehead atoms. The molecule has 0 heterocycles. The predicted octanol–water partition coefficient (Wildman–Crippen LogP) is 2.83. The topological polar surface area (TPSA) is 23.8 Å². The first-order valence-corrected chi connectivity index (χ1v) is 5.14. The van der Waals surface area contributed by atoms with E-state index >= 15 is 0 Å². The molecule has 0 aromatic heterocycles. The number of alkyl halides is 1. The van der Waals surface area contributed by atoms with Gasteiger partial charge < -0.3 is 0 Å². The summed E-state index contributed by atoms with van der Waals surface area (Å²) >= 11 is 3.22. The molecule has 1 aromatic rings. The Balaban J connectivity index is 2.92. The normalized spacial score (nSPS) is 8.64. The highest BCUT2D eigenvalue weighted by Crippen LogP contribution is 2.08. The molecule has 0 saturated carbocycles. The zero-order chi connectivity index (χ0) is 10.4. The number of nitriles is 1. The minimum atomic E-state index is -0.439. The van der Waals surface area contributed by atoms with Gasteiger partial charge in [-0.1, -0.05) is 27.8 Å². The number of halogens is 2. The van der Waals surface area contributed by atoms with E-state index in [-0.39, 0.29) is 0 Å². The predicted molar refractivity (Wildman–Crippen MR) is 56.4 cm³/mol. The van der Waals surface area contributed by atoms with Gasteiger partial charge in [-0.2, -0.15) is 5.26 Å². The van der Waals surface area contributed by atoms with Gasteiger partial charge in [-0.15, -0.1) is 0 Å². The van der Waals surface area contributed by atoms with Crippen LogP contribution in [0.15, 0.2) is 18.2 Å². The zero-order valence-electron chi connectivity index (χ0n) is 7.35. The van der Waals surface area contributed by atoms with Gasteiger partial charge in [0.05, 0.1) is 17.2 Å². The highest BCUT2D eigenvalue weighted by Gasteiger charge is 1.99. The first-order valence-electron chi connectivity index (χ1n) is 4.02. The minimum Gasteiger partial charge on any atom is -0.206 e. The van der Waals surface area contributed by atoms with Gasteiger partial charge in [-0.25, -0.2) is 4.39 Å². The number of hydrogen-bond acceptors (Lipinski definition) is 1. The van der Waals surface area contributed by atoms with Crippen LogP contribution in [0, 0.1) is 29.0 Å². The Kier molecular flexibility index (Phi) is 4.16. The maximum absolute atomic E-state index is 13.2. The van der Waals surface area contributed by atoms with Crippen LogP contribution in [-0.4, -0.2) is 5.33 Å². The van der Waals surface area contributed by atoms with E-state index in [1.807, 2.05) is 6.07 Å². The van der Waals surface area contributed by atoms with Crippen molar-refractivity contribution in [1.82, 2.24) is 0 Å². The fourth-order valence-electron chi connectivity index (χ4n) is 0.891. The second-order valence-corrected chi connectivity index (χ2v) is 3.34. The number of benzene rings is 1. The fraction of sp³-hybridized carbons (Fsp3) is 0.182. The molecule has 0 spiro atoms. The summed E-state index contributed by atoms with van der Waals surface area (Å²) in [4.78, 5) is 0. The molecule has 1 rings (SSSR count). The lowest BCUT2D eigenvalue weighted by atomic mass is 10.1. The van der Waals surface area contributed by atoms with Gasteiger partial charge in [-0.05, 0) is 18.2 Å². The summed E-state index contributed by atoms with van der Waals surface area (Å²) < 4.78 is 13.2. The van der Waals surface area contributed by atoms with Crippen LogP contribution in [0.1, 0.15) is 17.5 Å². The molecule has 0 saturated heterocycles. The molecule has 0 unspecified atom stereocenters. The van der Waals surface area contributed by atoms with Gasteiger partial charge in [0.15, 0.2) is 0 Å². The van der Waals surface area contributed by atoms with Gasteiger partial charge in [0.25, 0.3) is 0 Å². The molecule has 0 aliphatic carbocycles. The van der Waals surface area contributed by atoms with Crippen molar-refractivity contribution in [2.45, 2.75) is 6.42 Å². The lowest BCUT2D eigenvalue weighted by Gasteiger charge is -1.93. The Morgan fingerprint density at radius 3 is 2.79 bits per heavy atom. The van der Waals surface area contributed by atoms with Crippen molar-refractivity contribution in [3.05, 3.63) is 35.1 Å². The van der Waals surface area contributed by atoms with Crippen LogP contribution < -0.4 is 0 Å². The van der Waals surface area contributed by atoms with E-state index in [9.17, 15) is 4.39 Å². The fourth-order valence-corrected chi connectivity index (χ4v) is 1.09. The summed E-state index contributed by atoms with van der Waals surface area (Å²) in [6.45, 7) is 0. The van der Waals surface area contributed by atoms with E-state index in [1.165, 1.54) is 12.1 Å². The molecule has 0 radical (unpaired) electrons. The van der Waals surface area contributed by atoms with Crippen LogP contribution in [0.2, 0.25) is 0 Å². The molecule has 0 N–H and O–H groups in total. The van der Waals surface area contributed by atoms with Gasteiger partial charge in [0.2, 0.25) is 0 Å². The Bertz CT molecular complexity index is 423. The van der Waals surface area contributed by atoms with Crippen LogP contribution >= 0.6 is 15.9 Å². The van der Waals surface area contributed by atoms with Crippen molar-refractivity contribution in [1.29, 1.82) is 5.26 Å². The molecule has 1 nitrogen and oxygen atoms in total. The lowest BCUT2D eigenvalue weighted by molar-refractivity contribution is 0.624. The van der Waals surface area contributed by atoms with Crippen LogP contribution in [0.5, 0.6) is 0 Å². The monoisotopic (exact) mass is 251 g/mol. The van der Waals surface area contributed by atoms with Gasteiger partial charge >= 0.3 is 0 Å². The largest absolute Gasteiger partial charge is 0.206 e. The smallest absolute Gasteiger partial charge is 0.140 e. The molecular formula is C11H7BrFN. The lowest BCUT2D eigenvalue weighted by Crippen LogP contribution is -1.85. The molecule has 14 heavy (non-hydrogen) atoms. The van der Waals surface area contributed by atoms with Crippen molar-refractivity contribution in [2.75, 3.05) is 5.33 Å². The standard InChI is InChI=1S/C11H7BrFN/c12-6-2-1-3-10-5-4-9(8-14)7-11(10)13/h4-5,7H,2,6H2. The summed E-state index contributed by atoms with van der Waals surface area (Å²) in [5, 5.41) is 9.28. The number of nitrogens with zero attached hydrogens (tertiary/aromatic N) is 1. The van der Waals surface area contributed by atoms with Crippen molar-refractivity contribution in [3.8, 4) is 17.9 Å². The number of hydrogen-bond donors (Lipinski definition) is 0. The molecular weight excluding hydrogens is 245 g/mol. The summed E-state index contributed by atoms with van der Waals surface area (Å²) in [5.74, 6) is 5.07. The third kappa shape index (κ3) is 2.87. The highest BCUT2D eigenvalue weighted by atomic mass is 79.9. The Labute approximate surface area is 90.7 Å². The molecule has 0 amide bonds. The summed E-state index contributed by atoms with van der Waals surface area (Å²) in [7, 11) is 0. The van der Waals surface area contributed by atoms with E-state index in [1.54, 1.807) is 6.07 Å². The van der Waals surface area contributed by atoms with E-state index in [0.29, 0.717) is 17.5 Å². The Morgan fingerprint density at radius 2 is 2.21 bits per heavy atom. The number of rotatable bonds is 1. The third-order valence-corrected chi connectivity index (χ3v) is 1.94. The first kappa shape index (κ1) is 10.8. The van der Waals surface area contributed by atoms with Crippen LogP contribution in [0.4, 0.5) is 4.39 Å². The average molecular weight is 252 g/mol. The maximum atomic E-state index is 13.2. The van der Waals surface area contributed by atoms with Gasteiger partial charge in [0, 0.05) is 11.8 Å². The Morgan fingerprint density at radius 1 is 1.43 bits per heavy atom. The quantitative estimate of drug-likeness (QED) is 0.557. The average Bonchev–Trinajstić information content (AvgIpc) is 2.20. The minimum absolute atomic E-state index is 0.313. The van der Waals surface area contributed by atoms with Gasteiger partial charge in [0.1, 0.15) is 5.82 Å². The second-order valence-electron chi connectivity index (χ2n) is 2.55. The van der Waals surface area contributed by atoms with Crippen molar-refractivity contribution in [2.24, 2.45) is 0 Å². The molecule has 0 fully saturated rings. The SMILES string of the molecule is N#Cc1ccc(C#CCCBr)c(F)c1. The van der Waals surface area contributed by atoms with Crippen molar-refractivity contribution >= 4 is 15.9 Å². The van der Waals surface area contributed by atoms with Crippen LogP contribution in [0.3, 0.4) is 0 Å².